The molecule has 9 nitrogen and oxygen atoms in total. The van der Waals surface area contributed by atoms with Gasteiger partial charge in [0.2, 0.25) is 5.91 Å². The number of ether oxygens (including phenoxy) is 4. The molecular weight excluding hydrogens is 498 g/mol. The van der Waals surface area contributed by atoms with Gasteiger partial charge in [-0.25, -0.2) is 4.79 Å². The van der Waals surface area contributed by atoms with Gasteiger partial charge in [0.25, 0.3) is 0 Å². The molecule has 218 valence electrons. The second-order valence-electron chi connectivity index (χ2n) is 11.8. The minimum absolute atomic E-state index is 0.0676. The van der Waals surface area contributed by atoms with Gasteiger partial charge in [0.1, 0.15) is 6.10 Å². The van der Waals surface area contributed by atoms with Crippen molar-refractivity contribution in [2.75, 3.05) is 46.4 Å². The highest BCUT2D eigenvalue weighted by Crippen LogP contribution is 2.39. The molecule has 0 aromatic rings. The summed E-state index contributed by atoms with van der Waals surface area (Å²) in [4.78, 5) is 28.8. The summed E-state index contributed by atoms with van der Waals surface area (Å²) in [5.41, 5.74) is 1.28. The Labute approximate surface area is 233 Å². The standard InChI is InChI=1S/C30H47N3O6/c1-21(6-9-25-19-30(20-37-30)12-17-36-25)7-10-27-22(2)18-26(24(4)39-27)31-28(34)11-8-23(3)38-29(35)33-15-13-32(5)14-16-33/h6-9,11,22-27H,10,12-20H2,1-5H3,(H,31,34)/b9-6+,11-8-,21-7+/t22?,23?,24-,25-,26?,27?,30+/m1/s1. The molecule has 1 spiro atoms. The molecule has 39 heavy (non-hydrogen) atoms. The summed E-state index contributed by atoms with van der Waals surface area (Å²) in [6, 6.07) is -0.0676. The van der Waals surface area contributed by atoms with E-state index in [0.717, 1.165) is 52.0 Å². The van der Waals surface area contributed by atoms with Crippen LogP contribution in [0.1, 0.15) is 53.4 Å². The first-order chi connectivity index (χ1) is 18.6. The summed E-state index contributed by atoms with van der Waals surface area (Å²) in [6.07, 6.45) is 12.5. The van der Waals surface area contributed by atoms with E-state index in [-0.39, 0.29) is 42.0 Å². The van der Waals surface area contributed by atoms with Gasteiger partial charge in [0, 0.05) is 45.1 Å². The fourth-order valence-electron chi connectivity index (χ4n) is 5.47. The Morgan fingerprint density at radius 2 is 1.92 bits per heavy atom. The quantitative estimate of drug-likeness (QED) is 0.284. The Kier molecular flexibility index (Phi) is 10.3. The van der Waals surface area contributed by atoms with Crippen LogP contribution in [-0.4, -0.2) is 104 Å². The lowest BCUT2D eigenvalue weighted by Gasteiger charge is -2.39. The van der Waals surface area contributed by atoms with Crippen LogP contribution in [0.5, 0.6) is 0 Å². The van der Waals surface area contributed by atoms with E-state index in [9.17, 15) is 9.59 Å². The Balaban J connectivity index is 1.17. The van der Waals surface area contributed by atoms with Crippen molar-refractivity contribution in [1.82, 2.24) is 15.1 Å². The minimum Gasteiger partial charge on any atom is -0.442 e. The number of epoxide rings is 1. The van der Waals surface area contributed by atoms with Gasteiger partial charge in [-0.05, 0) is 52.7 Å². The van der Waals surface area contributed by atoms with Crippen LogP contribution >= 0.6 is 0 Å². The molecule has 4 rings (SSSR count). The highest BCUT2D eigenvalue weighted by molar-refractivity contribution is 5.87. The summed E-state index contributed by atoms with van der Waals surface area (Å²) in [6.45, 7) is 12.7. The molecule has 0 aromatic carbocycles. The number of rotatable bonds is 8. The zero-order chi connectivity index (χ0) is 28.0. The first-order valence-electron chi connectivity index (χ1n) is 14.5. The average molecular weight is 546 g/mol. The van der Waals surface area contributed by atoms with Gasteiger partial charge in [0.15, 0.2) is 0 Å². The van der Waals surface area contributed by atoms with E-state index < -0.39 is 6.10 Å². The molecule has 0 aliphatic carbocycles. The van der Waals surface area contributed by atoms with E-state index in [4.69, 9.17) is 18.9 Å². The van der Waals surface area contributed by atoms with Gasteiger partial charge in [-0.15, -0.1) is 0 Å². The topological polar surface area (TPSA) is 92.9 Å². The Morgan fingerprint density at radius 1 is 1.18 bits per heavy atom. The molecule has 4 aliphatic rings. The van der Waals surface area contributed by atoms with Gasteiger partial charge in [-0.2, -0.15) is 0 Å². The maximum absolute atomic E-state index is 12.6. The average Bonchev–Trinajstić information content (AvgIpc) is 3.65. The zero-order valence-electron chi connectivity index (χ0n) is 24.3. The summed E-state index contributed by atoms with van der Waals surface area (Å²) in [5, 5.41) is 3.07. The molecule has 4 aliphatic heterocycles. The lowest BCUT2D eigenvalue weighted by molar-refractivity contribution is -0.123. The predicted molar refractivity (Wildman–Crippen MR) is 149 cm³/mol. The van der Waals surface area contributed by atoms with E-state index in [1.54, 1.807) is 17.9 Å². The number of nitrogens with one attached hydrogen (secondary N) is 1. The number of carbonyl (C=O) groups excluding carboxylic acids is 2. The molecule has 1 N–H and O–H groups in total. The highest BCUT2D eigenvalue weighted by atomic mass is 16.6. The van der Waals surface area contributed by atoms with Crippen molar-refractivity contribution in [2.24, 2.45) is 5.92 Å². The SMILES string of the molecule is CC(/C=C/[C@@H]1C[C@@]2(CCO1)CO2)=C\CC1O[C@H](C)C(NC(=O)/C=C\C(C)OC(=O)N2CCN(C)CC2)CC1C. The van der Waals surface area contributed by atoms with Crippen LogP contribution in [0.15, 0.2) is 36.0 Å². The lowest BCUT2D eigenvalue weighted by atomic mass is 9.88. The summed E-state index contributed by atoms with van der Waals surface area (Å²) in [5.74, 6) is 0.105. The second kappa shape index (κ2) is 13.4. The van der Waals surface area contributed by atoms with Crippen LogP contribution < -0.4 is 5.32 Å². The molecular formula is C30H47N3O6. The first-order valence-corrected chi connectivity index (χ1v) is 14.5. The lowest BCUT2D eigenvalue weighted by Crippen LogP contribution is -2.50. The molecule has 4 unspecified atom stereocenters. The van der Waals surface area contributed by atoms with Crippen LogP contribution in [0, 0.1) is 5.92 Å². The van der Waals surface area contributed by atoms with Crippen molar-refractivity contribution in [3.05, 3.63) is 36.0 Å². The number of nitrogens with zero attached hydrogens (tertiary/aromatic N) is 2. The van der Waals surface area contributed by atoms with Gasteiger partial charge in [0.05, 0.1) is 43.2 Å². The molecule has 4 heterocycles. The second-order valence-corrected chi connectivity index (χ2v) is 11.8. The van der Waals surface area contributed by atoms with Gasteiger partial charge >= 0.3 is 6.09 Å². The van der Waals surface area contributed by atoms with Crippen molar-refractivity contribution in [3.8, 4) is 0 Å². The third-order valence-corrected chi connectivity index (χ3v) is 8.37. The molecule has 2 amide bonds. The van der Waals surface area contributed by atoms with Gasteiger partial charge < -0.3 is 34.1 Å². The number of piperazine rings is 1. The normalized spacial score (nSPS) is 34.9. The molecule has 7 atom stereocenters. The third-order valence-electron chi connectivity index (χ3n) is 8.37. The van der Waals surface area contributed by atoms with Crippen LogP contribution in [0.3, 0.4) is 0 Å². The van der Waals surface area contributed by atoms with Crippen molar-refractivity contribution >= 4 is 12.0 Å². The molecule has 4 saturated heterocycles. The van der Waals surface area contributed by atoms with E-state index in [0.29, 0.717) is 19.0 Å². The smallest absolute Gasteiger partial charge is 0.410 e. The molecule has 0 radical (unpaired) electrons. The summed E-state index contributed by atoms with van der Waals surface area (Å²) >= 11 is 0. The fourth-order valence-corrected chi connectivity index (χ4v) is 5.47. The first kappa shape index (κ1) is 29.8. The van der Waals surface area contributed by atoms with Crippen molar-refractivity contribution < 1.29 is 28.5 Å². The van der Waals surface area contributed by atoms with Crippen LogP contribution in [0.2, 0.25) is 0 Å². The van der Waals surface area contributed by atoms with Crippen molar-refractivity contribution in [3.63, 3.8) is 0 Å². The molecule has 4 fully saturated rings. The maximum atomic E-state index is 12.6. The minimum atomic E-state index is -0.483. The third kappa shape index (κ3) is 8.90. The monoisotopic (exact) mass is 545 g/mol. The zero-order valence-corrected chi connectivity index (χ0v) is 24.3. The number of carbonyl (C=O) groups is 2. The van der Waals surface area contributed by atoms with Crippen LogP contribution in [0.25, 0.3) is 0 Å². The number of likely N-dealkylation sites (N-methyl/N-ethyl adjacent to an activating group) is 1. The Morgan fingerprint density at radius 3 is 2.64 bits per heavy atom. The fraction of sp³-hybridized carbons (Fsp3) is 0.733. The number of hydrogen-bond acceptors (Lipinski definition) is 7. The molecule has 0 aromatic heterocycles. The van der Waals surface area contributed by atoms with Crippen LogP contribution in [0.4, 0.5) is 4.79 Å². The summed E-state index contributed by atoms with van der Waals surface area (Å²) < 4.78 is 23.3. The van der Waals surface area contributed by atoms with Gasteiger partial charge in [-0.1, -0.05) is 30.7 Å². The number of hydrogen-bond donors (Lipinski definition) is 1. The molecule has 0 bridgehead atoms. The van der Waals surface area contributed by atoms with E-state index in [1.165, 1.54) is 11.6 Å². The van der Waals surface area contributed by atoms with Gasteiger partial charge in [-0.3, -0.25) is 4.79 Å². The predicted octanol–water partition coefficient (Wildman–Crippen LogP) is 3.45. The van der Waals surface area contributed by atoms with Crippen LogP contribution in [-0.2, 0) is 23.7 Å². The van der Waals surface area contributed by atoms with E-state index in [1.807, 2.05) is 14.0 Å². The summed E-state index contributed by atoms with van der Waals surface area (Å²) in [7, 11) is 2.04. The van der Waals surface area contributed by atoms with Crippen molar-refractivity contribution in [2.45, 2.75) is 89.4 Å². The van der Waals surface area contributed by atoms with E-state index in [2.05, 4.69) is 42.3 Å². The molecule has 0 saturated carbocycles. The molecule has 9 heteroatoms. The largest absolute Gasteiger partial charge is 0.442 e. The highest BCUT2D eigenvalue weighted by Gasteiger charge is 2.48. The number of allylic oxidation sites excluding steroid dienone is 2. The maximum Gasteiger partial charge on any atom is 0.410 e. The number of amides is 2. The Bertz CT molecular complexity index is 937. The van der Waals surface area contributed by atoms with Crippen molar-refractivity contribution in [1.29, 1.82) is 0 Å². The van der Waals surface area contributed by atoms with E-state index >= 15 is 0 Å². The Hall–Kier alpha value is -2.20.